The molecule has 0 unspecified atom stereocenters. The first kappa shape index (κ1) is 22.2. The van der Waals surface area contributed by atoms with Crippen LogP contribution in [-0.4, -0.2) is 39.8 Å². The quantitative estimate of drug-likeness (QED) is 0.442. The second-order valence-corrected chi connectivity index (χ2v) is 8.00. The van der Waals surface area contributed by atoms with E-state index in [1.165, 1.54) is 12.1 Å². The van der Waals surface area contributed by atoms with Crippen LogP contribution >= 0.6 is 31.9 Å². The number of phenolic OH excluding ortho intramolecular Hbond substituents is 1. The molecule has 2 aromatic rings. The van der Waals surface area contributed by atoms with Gasteiger partial charge in [0.15, 0.2) is 11.8 Å². The molecule has 0 aromatic heterocycles. The molecule has 0 aliphatic carbocycles. The van der Waals surface area contributed by atoms with E-state index in [-0.39, 0.29) is 17.2 Å². The van der Waals surface area contributed by atoms with E-state index in [0.717, 1.165) is 5.56 Å². The molecule has 0 radical (unpaired) electrons. The van der Waals surface area contributed by atoms with Gasteiger partial charge < -0.3 is 25.4 Å². The first-order valence-electron chi connectivity index (χ1n) is 8.28. The van der Waals surface area contributed by atoms with Crippen molar-refractivity contribution in [2.75, 3.05) is 6.61 Å². The van der Waals surface area contributed by atoms with Gasteiger partial charge in [-0.2, -0.15) is 0 Å². The maximum atomic E-state index is 12.3. The first-order valence-corrected chi connectivity index (χ1v) is 9.87. The zero-order valence-electron chi connectivity index (χ0n) is 15.1. The van der Waals surface area contributed by atoms with Crippen molar-refractivity contribution < 1.29 is 29.6 Å². The number of amides is 1. The standard InChI is InChI=1S/C19H19Br2NO6/c1-9(2)12-7-11(3-4-16(12)24)28-17-13(20)5-10(6-14(17)21)18(25)22-15(8-23)19(26)27/h3-7,9,15,23-24H,8H2,1-2H3,(H,22,25)(H,26,27)/t15-/m0/s1. The minimum Gasteiger partial charge on any atom is -0.508 e. The number of rotatable bonds is 7. The fraction of sp³-hybridized carbons (Fsp3) is 0.263. The smallest absolute Gasteiger partial charge is 0.328 e. The predicted molar refractivity (Wildman–Crippen MR) is 110 cm³/mol. The topological polar surface area (TPSA) is 116 Å². The zero-order chi connectivity index (χ0) is 21.0. The van der Waals surface area contributed by atoms with Crippen LogP contribution in [0.25, 0.3) is 0 Å². The fourth-order valence-corrected chi connectivity index (χ4v) is 3.74. The molecule has 0 spiro atoms. The van der Waals surface area contributed by atoms with Gasteiger partial charge in [0, 0.05) is 11.1 Å². The number of ether oxygens (including phenoxy) is 1. The SMILES string of the molecule is CC(C)c1cc(Oc2c(Br)cc(C(=O)N[C@@H](CO)C(=O)O)cc2Br)ccc1O. The summed E-state index contributed by atoms with van der Waals surface area (Å²) in [5, 5.41) is 30.1. The zero-order valence-corrected chi connectivity index (χ0v) is 18.2. The number of benzene rings is 2. The molecule has 28 heavy (non-hydrogen) atoms. The number of aromatic hydroxyl groups is 1. The molecule has 7 nitrogen and oxygen atoms in total. The second kappa shape index (κ2) is 9.40. The van der Waals surface area contributed by atoms with Crippen LogP contribution in [0.1, 0.15) is 35.7 Å². The second-order valence-electron chi connectivity index (χ2n) is 6.29. The number of carboxylic acid groups (broad SMARTS) is 1. The summed E-state index contributed by atoms with van der Waals surface area (Å²) in [7, 11) is 0. The lowest BCUT2D eigenvalue weighted by molar-refractivity contribution is -0.140. The van der Waals surface area contributed by atoms with Crippen LogP contribution in [0.5, 0.6) is 17.2 Å². The van der Waals surface area contributed by atoms with Crippen molar-refractivity contribution in [3.8, 4) is 17.2 Å². The van der Waals surface area contributed by atoms with Gasteiger partial charge in [-0.3, -0.25) is 4.79 Å². The highest BCUT2D eigenvalue weighted by Gasteiger charge is 2.21. The summed E-state index contributed by atoms with van der Waals surface area (Å²) < 4.78 is 6.81. The third-order valence-electron chi connectivity index (χ3n) is 3.89. The Bertz CT molecular complexity index is 877. The molecule has 0 saturated heterocycles. The lowest BCUT2D eigenvalue weighted by Gasteiger charge is -2.15. The Hall–Kier alpha value is -2.10. The van der Waals surface area contributed by atoms with Gasteiger partial charge in [-0.25, -0.2) is 4.79 Å². The summed E-state index contributed by atoms with van der Waals surface area (Å²) in [6.07, 6.45) is 0. The largest absolute Gasteiger partial charge is 0.508 e. The van der Waals surface area contributed by atoms with E-state index in [9.17, 15) is 14.7 Å². The number of aliphatic hydroxyl groups is 1. The average Bonchev–Trinajstić information content (AvgIpc) is 2.62. The Kier molecular flexibility index (Phi) is 7.45. The van der Waals surface area contributed by atoms with Crippen LogP contribution < -0.4 is 10.1 Å². The monoisotopic (exact) mass is 515 g/mol. The molecule has 0 aliphatic rings. The van der Waals surface area contributed by atoms with Crippen LogP contribution in [0.2, 0.25) is 0 Å². The molecule has 1 atom stereocenters. The summed E-state index contributed by atoms with van der Waals surface area (Å²) in [4.78, 5) is 23.2. The average molecular weight is 517 g/mol. The highest BCUT2D eigenvalue weighted by molar-refractivity contribution is 9.11. The molecule has 0 fully saturated rings. The highest BCUT2D eigenvalue weighted by Crippen LogP contribution is 2.39. The van der Waals surface area contributed by atoms with Crippen molar-refractivity contribution in [3.63, 3.8) is 0 Å². The number of halogens is 2. The highest BCUT2D eigenvalue weighted by atomic mass is 79.9. The molecule has 9 heteroatoms. The predicted octanol–water partition coefficient (Wildman–Crippen LogP) is 4.01. The summed E-state index contributed by atoms with van der Waals surface area (Å²) in [6.45, 7) is 3.19. The molecule has 0 heterocycles. The van der Waals surface area contributed by atoms with Crippen molar-refractivity contribution in [1.29, 1.82) is 0 Å². The molecular formula is C19H19Br2NO6. The van der Waals surface area contributed by atoms with Gasteiger partial charge in [-0.1, -0.05) is 13.8 Å². The van der Waals surface area contributed by atoms with Gasteiger partial charge in [0.25, 0.3) is 5.91 Å². The number of nitrogens with one attached hydrogen (secondary N) is 1. The number of carbonyl (C=O) groups excluding carboxylic acids is 1. The van der Waals surface area contributed by atoms with E-state index in [2.05, 4.69) is 37.2 Å². The molecule has 2 rings (SSSR count). The van der Waals surface area contributed by atoms with Crippen molar-refractivity contribution >= 4 is 43.7 Å². The van der Waals surface area contributed by atoms with E-state index in [1.807, 2.05) is 13.8 Å². The van der Waals surface area contributed by atoms with Crippen LogP contribution in [0.3, 0.4) is 0 Å². The number of hydrogen-bond donors (Lipinski definition) is 4. The maximum absolute atomic E-state index is 12.3. The number of hydrogen-bond acceptors (Lipinski definition) is 5. The van der Waals surface area contributed by atoms with E-state index >= 15 is 0 Å². The van der Waals surface area contributed by atoms with Crippen molar-refractivity contribution in [2.45, 2.75) is 25.8 Å². The van der Waals surface area contributed by atoms with Crippen molar-refractivity contribution in [2.24, 2.45) is 0 Å². The third kappa shape index (κ3) is 5.24. The van der Waals surface area contributed by atoms with Gasteiger partial charge in [-0.05, 0) is 68.1 Å². The number of aliphatic carboxylic acids is 1. The molecule has 2 aromatic carbocycles. The lowest BCUT2D eigenvalue weighted by Crippen LogP contribution is -2.43. The van der Waals surface area contributed by atoms with E-state index < -0.39 is 24.5 Å². The summed E-state index contributed by atoms with van der Waals surface area (Å²) >= 11 is 6.70. The Morgan fingerprint density at radius 2 is 1.75 bits per heavy atom. The Morgan fingerprint density at radius 3 is 2.25 bits per heavy atom. The molecule has 1 amide bonds. The van der Waals surface area contributed by atoms with Crippen LogP contribution in [-0.2, 0) is 4.79 Å². The van der Waals surface area contributed by atoms with E-state index in [4.69, 9.17) is 14.9 Å². The number of aliphatic hydroxyl groups excluding tert-OH is 1. The molecule has 0 aliphatic heterocycles. The van der Waals surface area contributed by atoms with Crippen LogP contribution in [0, 0.1) is 0 Å². The molecular weight excluding hydrogens is 498 g/mol. The molecule has 4 N–H and O–H groups in total. The third-order valence-corrected chi connectivity index (χ3v) is 5.07. The van der Waals surface area contributed by atoms with E-state index in [1.54, 1.807) is 18.2 Å². The number of phenols is 1. The molecule has 0 saturated carbocycles. The summed E-state index contributed by atoms with van der Waals surface area (Å²) in [5.74, 6) is -0.775. The van der Waals surface area contributed by atoms with Crippen molar-refractivity contribution in [1.82, 2.24) is 5.32 Å². The fourth-order valence-electron chi connectivity index (χ4n) is 2.39. The maximum Gasteiger partial charge on any atom is 0.328 e. The van der Waals surface area contributed by atoms with Gasteiger partial charge in [0.05, 0.1) is 15.6 Å². The number of carbonyl (C=O) groups is 2. The van der Waals surface area contributed by atoms with Crippen LogP contribution in [0.15, 0.2) is 39.3 Å². The number of carboxylic acids is 1. The van der Waals surface area contributed by atoms with Crippen molar-refractivity contribution in [3.05, 3.63) is 50.4 Å². The van der Waals surface area contributed by atoms with Gasteiger partial charge in [0.1, 0.15) is 11.5 Å². The lowest BCUT2D eigenvalue weighted by atomic mass is 10.0. The molecule has 0 bridgehead atoms. The Labute approximate surface area is 178 Å². The van der Waals surface area contributed by atoms with Crippen LogP contribution in [0.4, 0.5) is 0 Å². The summed E-state index contributed by atoms with van der Waals surface area (Å²) in [6, 6.07) is 6.48. The minimum absolute atomic E-state index is 0.107. The first-order chi connectivity index (χ1) is 13.1. The Balaban J connectivity index is 2.28. The normalized spacial score (nSPS) is 11.9. The van der Waals surface area contributed by atoms with Gasteiger partial charge >= 0.3 is 5.97 Å². The molecule has 150 valence electrons. The van der Waals surface area contributed by atoms with Gasteiger partial charge in [0.2, 0.25) is 0 Å². The van der Waals surface area contributed by atoms with Gasteiger partial charge in [-0.15, -0.1) is 0 Å². The summed E-state index contributed by atoms with van der Waals surface area (Å²) in [5.41, 5.74) is 0.920. The Morgan fingerprint density at radius 1 is 1.14 bits per heavy atom. The van der Waals surface area contributed by atoms with E-state index in [0.29, 0.717) is 20.4 Å². The minimum atomic E-state index is -1.40.